The van der Waals surface area contributed by atoms with Gasteiger partial charge in [0.25, 0.3) is 5.91 Å². The molecule has 1 aromatic carbocycles. The minimum Gasteiger partial charge on any atom is -0.482 e. The van der Waals surface area contributed by atoms with Gasteiger partial charge in [-0.05, 0) is 37.1 Å². The Balaban J connectivity index is 1.76. The minimum absolute atomic E-state index is 0.138. The number of nitriles is 1. The summed E-state index contributed by atoms with van der Waals surface area (Å²) in [5.74, 6) is 0.212. The van der Waals surface area contributed by atoms with E-state index in [9.17, 15) is 4.79 Å². The number of carbonyl (C=O) groups is 1. The highest BCUT2D eigenvalue weighted by atomic mass is 16.5. The number of hydrogen-bond acceptors (Lipinski definition) is 4. The van der Waals surface area contributed by atoms with Crippen LogP contribution in [0.25, 0.3) is 0 Å². The Morgan fingerprint density at radius 3 is 2.72 bits per heavy atom. The summed E-state index contributed by atoms with van der Waals surface area (Å²) in [5.41, 5.74) is 1.08. The molecule has 1 aliphatic rings. The second-order valence-corrected chi connectivity index (χ2v) is 6.14. The van der Waals surface area contributed by atoms with E-state index in [0.29, 0.717) is 16.8 Å². The maximum Gasteiger partial charge on any atom is 0.270 e. The molecular weight excluding hydrogens is 314 g/mol. The van der Waals surface area contributed by atoms with Crippen molar-refractivity contribution >= 4 is 5.91 Å². The van der Waals surface area contributed by atoms with Crippen molar-refractivity contribution in [2.75, 3.05) is 6.61 Å². The summed E-state index contributed by atoms with van der Waals surface area (Å²) in [6.45, 7) is -0.138. The Hall–Kier alpha value is -2.87. The quantitative estimate of drug-likeness (QED) is 0.861. The molecule has 0 amide bonds. The predicted molar refractivity (Wildman–Crippen MR) is 94.1 cm³/mol. The smallest absolute Gasteiger partial charge is 0.270 e. The summed E-state index contributed by atoms with van der Waals surface area (Å²) in [4.78, 5) is 17.3. The highest BCUT2D eigenvalue weighted by Crippen LogP contribution is 2.19. The highest BCUT2D eigenvalue weighted by Gasteiger charge is 2.13. The molecule has 0 unspecified atom stereocenters. The van der Waals surface area contributed by atoms with Crippen molar-refractivity contribution in [3.63, 3.8) is 0 Å². The highest BCUT2D eigenvalue weighted by molar-refractivity contribution is 5.80. The molecule has 128 valence electrons. The van der Waals surface area contributed by atoms with Crippen molar-refractivity contribution in [2.24, 2.45) is 4.99 Å². The molecule has 5 nitrogen and oxygen atoms in total. The first-order valence-electron chi connectivity index (χ1n) is 8.64. The average molecular weight is 335 g/mol. The van der Waals surface area contributed by atoms with Crippen molar-refractivity contribution in [3.8, 4) is 11.8 Å². The molecule has 0 atom stereocenters. The molecule has 1 aliphatic carbocycles. The molecule has 0 radical (unpaired) electrons. The van der Waals surface area contributed by atoms with Crippen molar-refractivity contribution < 1.29 is 9.53 Å². The van der Waals surface area contributed by atoms with E-state index in [4.69, 9.17) is 15.0 Å². The molecule has 3 rings (SSSR count). The second kappa shape index (κ2) is 8.29. The van der Waals surface area contributed by atoms with E-state index in [-0.39, 0.29) is 18.6 Å². The number of pyridine rings is 1. The van der Waals surface area contributed by atoms with Gasteiger partial charge in [-0.15, -0.1) is 0 Å². The minimum atomic E-state index is -0.206. The third-order valence-corrected chi connectivity index (χ3v) is 4.36. The molecule has 2 aromatic rings. The van der Waals surface area contributed by atoms with Crippen molar-refractivity contribution in [3.05, 3.63) is 59.7 Å². The van der Waals surface area contributed by atoms with Gasteiger partial charge in [0.2, 0.25) is 0 Å². The number of carbonyl (C=O) groups excluding carboxylic acids is 1. The molecule has 0 spiro atoms. The van der Waals surface area contributed by atoms with E-state index in [1.165, 1.54) is 23.8 Å². The Morgan fingerprint density at radius 2 is 1.92 bits per heavy atom. The Morgan fingerprint density at radius 1 is 1.16 bits per heavy atom. The summed E-state index contributed by atoms with van der Waals surface area (Å²) in [7, 11) is 0. The lowest BCUT2D eigenvalue weighted by atomic mass is 9.96. The lowest BCUT2D eigenvalue weighted by molar-refractivity contribution is 0.0831. The molecule has 0 aliphatic heterocycles. The third kappa shape index (κ3) is 4.36. The zero-order chi connectivity index (χ0) is 17.5. The number of rotatable bonds is 4. The molecule has 0 N–H and O–H groups in total. The summed E-state index contributed by atoms with van der Waals surface area (Å²) >= 11 is 0. The van der Waals surface area contributed by atoms with Gasteiger partial charge in [-0.25, -0.2) is 0 Å². The fourth-order valence-electron chi connectivity index (χ4n) is 3.04. The van der Waals surface area contributed by atoms with Crippen LogP contribution >= 0.6 is 0 Å². The number of hydrogen-bond donors (Lipinski definition) is 0. The number of benzene rings is 1. The van der Waals surface area contributed by atoms with Gasteiger partial charge in [-0.2, -0.15) is 5.26 Å². The van der Waals surface area contributed by atoms with Crippen molar-refractivity contribution in [1.29, 1.82) is 5.26 Å². The van der Waals surface area contributed by atoms with Gasteiger partial charge in [-0.3, -0.25) is 14.4 Å². The van der Waals surface area contributed by atoms with Crippen LogP contribution in [0.4, 0.5) is 0 Å². The summed E-state index contributed by atoms with van der Waals surface area (Å²) in [6, 6.07) is 14.8. The molecule has 25 heavy (non-hydrogen) atoms. The first-order chi connectivity index (χ1) is 12.3. The topological polar surface area (TPSA) is 67.4 Å². The largest absolute Gasteiger partial charge is 0.482 e. The first kappa shape index (κ1) is 17.0. The lowest BCUT2D eigenvalue weighted by Crippen LogP contribution is -2.32. The maximum absolute atomic E-state index is 12.6. The van der Waals surface area contributed by atoms with E-state index in [1.54, 1.807) is 36.5 Å². The monoisotopic (exact) mass is 335 g/mol. The molecule has 1 saturated carbocycles. The Labute approximate surface area is 147 Å². The number of para-hydroxylation sites is 1. The first-order valence-corrected chi connectivity index (χ1v) is 8.64. The number of ether oxygens (including phenoxy) is 1. The second-order valence-electron chi connectivity index (χ2n) is 6.14. The zero-order valence-electron chi connectivity index (χ0n) is 14.1. The molecule has 5 heteroatoms. The summed E-state index contributed by atoms with van der Waals surface area (Å²) in [5, 5.41) is 9.09. The molecule has 0 bridgehead atoms. The Bertz CT molecular complexity index is 842. The SMILES string of the molecule is N#Cc1ccccc1OCC(=O)n1ccccc1=NC1CCCCC1. The van der Waals surface area contributed by atoms with Crippen LogP contribution in [-0.2, 0) is 0 Å². The maximum atomic E-state index is 12.6. The average Bonchev–Trinajstić information content (AvgIpc) is 2.67. The predicted octanol–water partition coefficient (Wildman–Crippen LogP) is 3.31. The molecule has 1 aromatic heterocycles. The van der Waals surface area contributed by atoms with Gasteiger partial charge in [0, 0.05) is 6.20 Å². The van der Waals surface area contributed by atoms with Crippen LogP contribution in [0.3, 0.4) is 0 Å². The van der Waals surface area contributed by atoms with Gasteiger partial charge in [-0.1, -0.05) is 37.5 Å². The van der Waals surface area contributed by atoms with E-state index in [0.717, 1.165) is 12.8 Å². The molecule has 0 saturated heterocycles. The van der Waals surface area contributed by atoms with E-state index in [2.05, 4.69) is 6.07 Å². The summed E-state index contributed by atoms with van der Waals surface area (Å²) < 4.78 is 7.09. The lowest BCUT2D eigenvalue weighted by Gasteiger charge is -2.17. The van der Waals surface area contributed by atoms with Crippen molar-refractivity contribution in [1.82, 2.24) is 4.57 Å². The Kier molecular flexibility index (Phi) is 5.63. The number of nitrogens with zero attached hydrogens (tertiary/aromatic N) is 3. The third-order valence-electron chi connectivity index (χ3n) is 4.36. The molecule has 1 heterocycles. The van der Waals surface area contributed by atoms with E-state index in [1.807, 2.05) is 12.1 Å². The van der Waals surface area contributed by atoms with E-state index >= 15 is 0 Å². The van der Waals surface area contributed by atoms with Crippen LogP contribution in [0.15, 0.2) is 53.7 Å². The van der Waals surface area contributed by atoms with Crippen LogP contribution in [0, 0.1) is 11.3 Å². The normalized spacial score (nSPS) is 15.6. The van der Waals surface area contributed by atoms with Crippen LogP contribution < -0.4 is 10.2 Å². The van der Waals surface area contributed by atoms with Crippen LogP contribution in [0.2, 0.25) is 0 Å². The fraction of sp³-hybridized carbons (Fsp3) is 0.350. The van der Waals surface area contributed by atoms with Crippen LogP contribution in [0.1, 0.15) is 42.5 Å². The van der Waals surface area contributed by atoms with E-state index < -0.39 is 0 Å². The molecular formula is C20H21N3O2. The van der Waals surface area contributed by atoms with Gasteiger partial charge < -0.3 is 4.74 Å². The fourth-order valence-corrected chi connectivity index (χ4v) is 3.04. The van der Waals surface area contributed by atoms with Gasteiger partial charge >= 0.3 is 0 Å². The summed E-state index contributed by atoms with van der Waals surface area (Å²) in [6.07, 6.45) is 7.53. The van der Waals surface area contributed by atoms with Crippen molar-refractivity contribution in [2.45, 2.75) is 38.1 Å². The molecule has 1 fully saturated rings. The van der Waals surface area contributed by atoms with Gasteiger partial charge in [0.1, 0.15) is 17.3 Å². The van der Waals surface area contributed by atoms with Gasteiger partial charge in [0.15, 0.2) is 6.61 Å². The van der Waals surface area contributed by atoms with Crippen LogP contribution in [0.5, 0.6) is 5.75 Å². The standard InChI is InChI=1S/C20H21N3O2/c21-14-16-8-4-5-11-18(16)25-15-20(24)23-13-7-6-12-19(23)22-17-9-2-1-3-10-17/h4-8,11-13,17H,1-3,9-10,15H2. The number of aromatic nitrogens is 1. The van der Waals surface area contributed by atoms with Gasteiger partial charge in [0.05, 0.1) is 11.6 Å². The van der Waals surface area contributed by atoms with Crippen LogP contribution in [-0.4, -0.2) is 23.1 Å². The zero-order valence-corrected chi connectivity index (χ0v) is 14.1.